The van der Waals surface area contributed by atoms with Crippen molar-refractivity contribution in [3.05, 3.63) is 21.9 Å². The Bertz CT molecular complexity index is 528. The van der Waals surface area contributed by atoms with E-state index in [1.807, 2.05) is 11.4 Å². The number of hydrogen-bond donors (Lipinski definition) is 1. The standard InChI is InChI=1S/C14H17NO3S2/c16-13(15-6-2-1-3-10(15)14(17)18)12-9-4-7-19-11(9)5-8-20-12/h4,7,10,12H,1-3,5-6,8H2,(H,17,18)/t10-,12?/m1/s1. The van der Waals surface area contributed by atoms with E-state index in [0.29, 0.717) is 13.0 Å². The number of thioether (sulfide) groups is 1. The quantitative estimate of drug-likeness (QED) is 0.912. The van der Waals surface area contributed by atoms with Crippen LogP contribution in [-0.2, 0) is 16.0 Å². The van der Waals surface area contributed by atoms with Gasteiger partial charge in [-0.05, 0) is 48.4 Å². The van der Waals surface area contributed by atoms with Gasteiger partial charge in [0.15, 0.2) is 0 Å². The number of carbonyl (C=O) groups excluding carboxylic acids is 1. The fourth-order valence-electron chi connectivity index (χ4n) is 2.95. The molecule has 1 N–H and O–H groups in total. The van der Waals surface area contributed by atoms with Crippen molar-refractivity contribution >= 4 is 35.0 Å². The van der Waals surface area contributed by atoms with Crippen LogP contribution in [0.5, 0.6) is 0 Å². The third-order valence-electron chi connectivity index (χ3n) is 3.97. The van der Waals surface area contributed by atoms with E-state index in [2.05, 4.69) is 0 Å². The molecule has 1 fully saturated rings. The molecule has 0 aromatic carbocycles. The molecule has 108 valence electrons. The fraction of sp³-hybridized carbons (Fsp3) is 0.571. The molecule has 1 saturated heterocycles. The Morgan fingerprint density at radius 2 is 2.20 bits per heavy atom. The predicted octanol–water partition coefficient (Wildman–Crippen LogP) is 2.54. The van der Waals surface area contributed by atoms with Gasteiger partial charge in [0.25, 0.3) is 0 Å². The Morgan fingerprint density at radius 1 is 1.35 bits per heavy atom. The lowest BCUT2D eigenvalue weighted by molar-refractivity contribution is -0.151. The number of fused-ring (bicyclic) bond motifs is 1. The van der Waals surface area contributed by atoms with Gasteiger partial charge in [0.2, 0.25) is 5.91 Å². The van der Waals surface area contributed by atoms with Crippen LogP contribution in [-0.4, -0.2) is 40.2 Å². The highest BCUT2D eigenvalue weighted by Gasteiger charge is 2.38. The first kappa shape index (κ1) is 13.9. The molecule has 0 bridgehead atoms. The molecule has 3 heterocycles. The Kier molecular flexibility index (Phi) is 4.03. The van der Waals surface area contributed by atoms with Gasteiger partial charge in [-0.25, -0.2) is 4.79 Å². The van der Waals surface area contributed by atoms with E-state index in [1.54, 1.807) is 28.0 Å². The lowest BCUT2D eigenvalue weighted by Crippen LogP contribution is -2.49. The van der Waals surface area contributed by atoms with Crippen molar-refractivity contribution in [3.63, 3.8) is 0 Å². The molecule has 2 atom stereocenters. The maximum atomic E-state index is 12.8. The summed E-state index contributed by atoms with van der Waals surface area (Å²) in [6, 6.07) is 1.38. The molecule has 0 saturated carbocycles. The fourth-order valence-corrected chi connectivity index (χ4v) is 5.31. The summed E-state index contributed by atoms with van der Waals surface area (Å²) < 4.78 is 0. The summed E-state index contributed by atoms with van der Waals surface area (Å²) in [6.45, 7) is 0.576. The third kappa shape index (κ3) is 2.46. The van der Waals surface area contributed by atoms with Crippen LogP contribution in [0.15, 0.2) is 11.4 Å². The van der Waals surface area contributed by atoms with E-state index < -0.39 is 12.0 Å². The van der Waals surface area contributed by atoms with Crippen LogP contribution in [0.25, 0.3) is 0 Å². The van der Waals surface area contributed by atoms with Crippen LogP contribution in [0.3, 0.4) is 0 Å². The van der Waals surface area contributed by atoms with E-state index >= 15 is 0 Å². The zero-order chi connectivity index (χ0) is 14.1. The highest BCUT2D eigenvalue weighted by atomic mass is 32.2. The topological polar surface area (TPSA) is 57.6 Å². The van der Waals surface area contributed by atoms with Crippen molar-refractivity contribution in [2.75, 3.05) is 12.3 Å². The second kappa shape index (κ2) is 5.77. The SMILES string of the molecule is O=C(O)[C@H]1CCCCN1C(=O)C1SCCc2sccc21. The first-order valence-corrected chi connectivity index (χ1v) is 8.82. The number of likely N-dealkylation sites (tertiary alicyclic amines) is 1. The molecule has 4 nitrogen and oxygen atoms in total. The van der Waals surface area contributed by atoms with Crippen molar-refractivity contribution < 1.29 is 14.7 Å². The molecular weight excluding hydrogens is 294 g/mol. The molecule has 1 aromatic heterocycles. The Hall–Kier alpha value is -1.01. The van der Waals surface area contributed by atoms with Gasteiger partial charge in [-0.1, -0.05) is 0 Å². The van der Waals surface area contributed by atoms with Crippen LogP contribution in [0.1, 0.15) is 35.0 Å². The van der Waals surface area contributed by atoms with Crippen molar-refractivity contribution in [2.45, 2.75) is 37.0 Å². The first-order chi connectivity index (χ1) is 9.68. The molecule has 1 aromatic rings. The number of carboxylic acids is 1. The molecule has 2 aliphatic heterocycles. The molecule has 20 heavy (non-hydrogen) atoms. The normalized spacial score (nSPS) is 26.1. The summed E-state index contributed by atoms with van der Waals surface area (Å²) >= 11 is 3.35. The minimum atomic E-state index is -0.871. The second-order valence-corrected chi connectivity index (χ2v) is 7.40. The molecule has 0 spiro atoms. The van der Waals surface area contributed by atoms with Gasteiger partial charge in [-0.2, -0.15) is 0 Å². The molecule has 0 aliphatic carbocycles. The number of carboxylic acid groups (broad SMARTS) is 1. The van der Waals surface area contributed by atoms with E-state index in [-0.39, 0.29) is 11.2 Å². The summed E-state index contributed by atoms with van der Waals surface area (Å²) in [7, 11) is 0. The zero-order valence-corrected chi connectivity index (χ0v) is 12.7. The molecule has 6 heteroatoms. The van der Waals surface area contributed by atoms with Gasteiger partial charge < -0.3 is 10.0 Å². The summed E-state index contributed by atoms with van der Waals surface area (Å²) in [5.74, 6) is 0.0565. The van der Waals surface area contributed by atoms with Crippen LogP contribution in [0.2, 0.25) is 0 Å². The van der Waals surface area contributed by atoms with E-state index in [0.717, 1.165) is 30.6 Å². The molecule has 2 aliphatic rings. The largest absolute Gasteiger partial charge is 0.480 e. The maximum absolute atomic E-state index is 12.8. The summed E-state index contributed by atoms with van der Waals surface area (Å²) in [4.78, 5) is 27.0. The highest BCUT2D eigenvalue weighted by molar-refractivity contribution is 8.00. The summed E-state index contributed by atoms with van der Waals surface area (Å²) in [5.41, 5.74) is 1.10. The number of nitrogens with zero attached hydrogens (tertiary/aromatic N) is 1. The minimum Gasteiger partial charge on any atom is -0.480 e. The number of rotatable bonds is 2. The lowest BCUT2D eigenvalue weighted by atomic mass is 10.0. The second-order valence-electron chi connectivity index (χ2n) is 5.18. The highest BCUT2D eigenvalue weighted by Crippen LogP contribution is 2.41. The number of aliphatic carboxylic acids is 1. The van der Waals surface area contributed by atoms with Gasteiger partial charge in [0, 0.05) is 11.4 Å². The number of aryl methyl sites for hydroxylation is 1. The maximum Gasteiger partial charge on any atom is 0.326 e. The van der Waals surface area contributed by atoms with Crippen molar-refractivity contribution in [2.24, 2.45) is 0 Å². The third-order valence-corrected chi connectivity index (χ3v) is 6.20. The van der Waals surface area contributed by atoms with Crippen LogP contribution >= 0.6 is 23.1 Å². The summed E-state index contributed by atoms with van der Waals surface area (Å²) in [5, 5.41) is 11.1. The van der Waals surface area contributed by atoms with Crippen LogP contribution in [0.4, 0.5) is 0 Å². The van der Waals surface area contributed by atoms with Crippen LogP contribution in [0, 0.1) is 0 Å². The number of hydrogen-bond acceptors (Lipinski definition) is 4. The minimum absolute atomic E-state index is 0.0125. The van der Waals surface area contributed by atoms with Gasteiger partial charge >= 0.3 is 5.97 Å². The van der Waals surface area contributed by atoms with Crippen LogP contribution < -0.4 is 0 Å². The van der Waals surface area contributed by atoms with Gasteiger partial charge in [0.1, 0.15) is 11.3 Å². The smallest absolute Gasteiger partial charge is 0.326 e. The number of carbonyl (C=O) groups is 2. The zero-order valence-electron chi connectivity index (χ0n) is 11.1. The van der Waals surface area contributed by atoms with E-state index in [4.69, 9.17) is 0 Å². The van der Waals surface area contributed by atoms with Crippen molar-refractivity contribution in [1.29, 1.82) is 0 Å². The number of amides is 1. The lowest BCUT2D eigenvalue weighted by Gasteiger charge is -2.36. The van der Waals surface area contributed by atoms with Gasteiger partial charge in [-0.3, -0.25) is 4.79 Å². The molecular formula is C14H17NO3S2. The van der Waals surface area contributed by atoms with Crippen molar-refractivity contribution in [1.82, 2.24) is 4.90 Å². The molecule has 1 unspecified atom stereocenters. The predicted molar refractivity (Wildman–Crippen MR) is 80.2 cm³/mol. The number of piperidine rings is 1. The Balaban J connectivity index is 1.84. The van der Waals surface area contributed by atoms with E-state index in [9.17, 15) is 14.7 Å². The van der Waals surface area contributed by atoms with Gasteiger partial charge in [0.05, 0.1) is 0 Å². The monoisotopic (exact) mass is 311 g/mol. The average Bonchev–Trinajstić information content (AvgIpc) is 2.94. The Labute approximate surface area is 126 Å². The first-order valence-electron chi connectivity index (χ1n) is 6.89. The molecule has 1 amide bonds. The Morgan fingerprint density at radius 3 is 3.00 bits per heavy atom. The molecule has 0 radical (unpaired) electrons. The number of thiophene rings is 1. The average molecular weight is 311 g/mol. The summed E-state index contributed by atoms with van der Waals surface area (Å²) in [6.07, 6.45) is 3.39. The van der Waals surface area contributed by atoms with Gasteiger partial charge in [-0.15, -0.1) is 23.1 Å². The van der Waals surface area contributed by atoms with Crippen molar-refractivity contribution in [3.8, 4) is 0 Å². The van der Waals surface area contributed by atoms with E-state index in [1.165, 1.54) is 4.88 Å². The molecule has 3 rings (SSSR count).